The number of halogens is 1. The van der Waals surface area contributed by atoms with Gasteiger partial charge in [0.25, 0.3) is 0 Å². The molecule has 0 radical (unpaired) electrons. The molecule has 4 rings (SSSR count). The Morgan fingerprint density at radius 3 is 2.64 bits per heavy atom. The van der Waals surface area contributed by atoms with Crippen LogP contribution in [-0.4, -0.2) is 9.97 Å². The topological polar surface area (TPSA) is 40.7 Å². The summed E-state index contributed by atoms with van der Waals surface area (Å²) in [5.41, 5.74) is 3.33. The number of hydrogen-bond donors (Lipinski definition) is 2. The highest BCUT2D eigenvalue weighted by molar-refractivity contribution is 6.30. The third kappa shape index (κ3) is 2.30. The van der Waals surface area contributed by atoms with E-state index in [4.69, 9.17) is 11.6 Å². The Labute approximate surface area is 132 Å². The summed E-state index contributed by atoms with van der Waals surface area (Å²) in [5, 5.41) is 6.55. The van der Waals surface area contributed by atoms with Gasteiger partial charge in [-0.2, -0.15) is 0 Å². The predicted octanol–water partition coefficient (Wildman–Crippen LogP) is 4.98. The lowest BCUT2D eigenvalue weighted by atomic mass is 10.2. The molecule has 4 aromatic rings. The summed E-state index contributed by atoms with van der Waals surface area (Å²) in [4.78, 5) is 7.91. The van der Waals surface area contributed by atoms with Crippen LogP contribution < -0.4 is 5.32 Å². The van der Waals surface area contributed by atoms with Crippen LogP contribution >= 0.6 is 11.6 Å². The van der Waals surface area contributed by atoms with Crippen molar-refractivity contribution < 1.29 is 0 Å². The second-order valence-electron chi connectivity index (χ2n) is 5.23. The molecule has 0 amide bonds. The molecule has 2 aromatic carbocycles. The first-order valence-electron chi connectivity index (χ1n) is 7.15. The molecule has 4 heteroatoms. The number of para-hydroxylation sites is 1. The van der Waals surface area contributed by atoms with Gasteiger partial charge in [0.05, 0.1) is 5.52 Å². The lowest BCUT2D eigenvalue weighted by Gasteiger charge is -2.07. The number of fused-ring (bicyclic) bond motifs is 3. The first kappa shape index (κ1) is 13.2. The molecule has 0 unspecified atom stereocenters. The fourth-order valence-corrected chi connectivity index (χ4v) is 2.82. The number of aromatic nitrogens is 2. The molecule has 2 aromatic heterocycles. The van der Waals surface area contributed by atoms with Crippen LogP contribution in [0.1, 0.15) is 5.56 Å². The number of anilines is 1. The van der Waals surface area contributed by atoms with Gasteiger partial charge in [0.15, 0.2) is 5.82 Å². The minimum atomic E-state index is 0.707. The zero-order valence-electron chi connectivity index (χ0n) is 11.8. The number of pyridine rings is 1. The number of H-pyrrole nitrogens is 1. The van der Waals surface area contributed by atoms with Crippen molar-refractivity contribution in [2.75, 3.05) is 5.32 Å². The molecule has 0 aliphatic rings. The highest BCUT2D eigenvalue weighted by atomic mass is 35.5. The normalized spacial score (nSPS) is 11.1. The molecule has 3 nitrogen and oxygen atoms in total. The summed E-state index contributed by atoms with van der Waals surface area (Å²) in [5.74, 6) is 0.864. The van der Waals surface area contributed by atoms with Gasteiger partial charge in [-0.25, -0.2) is 4.98 Å². The van der Waals surface area contributed by atoms with Gasteiger partial charge in [0.2, 0.25) is 0 Å². The zero-order chi connectivity index (χ0) is 14.9. The van der Waals surface area contributed by atoms with E-state index in [-0.39, 0.29) is 0 Å². The molecule has 0 fully saturated rings. The zero-order valence-corrected chi connectivity index (χ0v) is 12.6. The van der Waals surface area contributed by atoms with Gasteiger partial charge in [-0.15, -0.1) is 0 Å². The first-order valence-corrected chi connectivity index (χ1v) is 7.53. The fourth-order valence-electron chi connectivity index (χ4n) is 2.70. The number of aromatic amines is 1. The van der Waals surface area contributed by atoms with Crippen LogP contribution in [0.5, 0.6) is 0 Å². The van der Waals surface area contributed by atoms with E-state index in [0.717, 1.165) is 21.9 Å². The Hall–Kier alpha value is -2.52. The molecule has 0 saturated carbocycles. The molecule has 2 N–H and O–H groups in total. The fraction of sp³-hybridized carbons (Fsp3) is 0.0556. The van der Waals surface area contributed by atoms with E-state index in [1.807, 2.05) is 42.6 Å². The number of nitrogens with one attached hydrogen (secondary N) is 2. The molecule has 22 heavy (non-hydrogen) atoms. The monoisotopic (exact) mass is 307 g/mol. The molecule has 0 aliphatic carbocycles. The lowest BCUT2D eigenvalue weighted by molar-refractivity contribution is 1.12. The van der Waals surface area contributed by atoms with E-state index in [2.05, 4.69) is 33.5 Å². The summed E-state index contributed by atoms with van der Waals surface area (Å²) < 4.78 is 0. The van der Waals surface area contributed by atoms with E-state index in [1.165, 1.54) is 16.3 Å². The van der Waals surface area contributed by atoms with Gasteiger partial charge in [-0.1, -0.05) is 41.9 Å². The maximum Gasteiger partial charge on any atom is 0.150 e. The first-order chi connectivity index (χ1) is 10.8. The number of hydrogen-bond acceptors (Lipinski definition) is 2. The number of nitrogens with zero attached hydrogens (tertiary/aromatic N) is 1. The molecule has 2 heterocycles. The summed E-state index contributed by atoms with van der Waals surface area (Å²) in [7, 11) is 0. The maximum atomic E-state index is 5.91. The molecule has 0 atom stereocenters. The van der Waals surface area contributed by atoms with Crippen LogP contribution in [0, 0.1) is 0 Å². The SMILES string of the molecule is Clc1ccc(CNc2nccc3c2[nH]c2ccccc23)cc1. The van der Waals surface area contributed by atoms with Crippen molar-refractivity contribution in [2.45, 2.75) is 6.54 Å². The summed E-state index contributed by atoms with van der Waals surface area (Å²) in [6.45, 7) is 0.707. The van der Waals surface area contributed by atoms with Crippen molar-refractivity contribution in [1.29, 1.82) is 0 Å². The third-order valence-electron chi connectivity index (χ3n) is 3.80. The van der Waals surface area contributed by atoms with Crippen LogP contribution in [0.4, 0.5) is 5.82 Å². The highest BCUT2D eigenvalue weighted by Gasteiger charge is 2.08. The smallest absolute Gasteiger partial charge is 0.150 e. The standard InChI is InChI=1S/C18H14ClN3/c19-13-7-5-12(6-8-13)11-21-18-17-15(9-10-20-18)14-3-1-2-4-16(14)22-17/h1-10,22H,11H2,(H,20,21). The van der Waals surface area contributed by atoms with Crippen molar-refractivity contribution in [1.82, 2.24) is 9.97 Å². The Morgan fingerprint density at radius 1 is 0.955 bits per heavy atom. The third-order valence-corrected chi connectivity index (χ3v) is 4.05. The highest BCUT2D eigenvalue weighted by Crippen LogP contribution is 2.28. The quantitative estimate of drug-likeness (QED) is 0.560. The molecule has 0 saturated heterocycles. The van der Waals surface area contributed by atoms with Crippen LogP contribution in [0.2, 0.25) is 5.02 Å². The molecule has 0 spiro atoms. The van der Waals surface area contributed by atoms with Gasteiger partial charge in [-0.3, -0.25) is 0 Å². The van der Waals surface area contributed by atoms with Gasteiger partial charge in [-0.05, 0) is 29.8 Å². The minimum Gasteiger partial charge on any atom is -0.364 e. The molecular weight excluding hydrogens is 294 g/mol. The van der Waals surface area contributed by atoms with Gasteiger partial charge in [0, 0.05) is 34.1 Å². The van der Waals surface area contributed by atoms with Crippen LogP contribution in [0.3, 0.4) is 0 Å². The molecular formula is C18H14ClN3. The van der Waals surface area contributed by atoms with Gasteiger partial charge in [0.1, 0.15) is 0 Å². The van der Waals surface area contributed by atoms with E-state index in [0.29, 0.717) is 6.54 Å². The average Bonchev–Trinajstić information content (AvgIpc) is 2.94. The number of rotatable bonds is 3. The van der Waals surface area contributed by atoms with E-state index < -0.39 is 0 Å². The Balaban J connectivity index is 1.70. The van der Waals surface area contributed by atoms with E-state index >= 15 is 0 Å². The second-order valence-corrected chi connectivity index (χ2v) is 5.67. The van der Waals surface area contributed by atoms with Crippen molar-refractivity contribution in [2.24, 2.45) is 0 Å². The Morgan fingerprint density at radius 2 is 1.77 bits per heavy atom. The summed E-state index contributed by atoms with van der Waals surface area (Å²) >= 11 is 5.91. The van der Waals surface area contributed by atoms with E-state index in [1.54, 1.807) is 0 Å². The Bertz CT molecular complexity index is 942. The van der Waals surface area contributed by atoms with Crippen LogP contribution in [0.15, 0.2) is 60.8 Å². The summed E-state index contributed by atoms with van der Waals surface area (Å²) in [6.07, 6.45) is 1.84. The maximum absolute atomic E-state index is 5.91. The average molecular weight is 308 g/mol. The van der Waals surface area contributed by atoms with Crippen molar-refractivity contribution in [3.63, 3.8) is 0 Å². The van der Waals surface area contributed by atoms with Crippen molar-refractivity contribution >= 4 is 39.2 Å². The predicted molar refractivity (Wildman–Crippen MR) is 92.4 cm³/mol. The van der Waals surface area contributed by atoms with Gasteiger partial charge >= 0.3 is 0 Å². The van der Waals surface area contributed by atoms with Crippen molar-refractivity contribution in [3.05, 3.63) is 71.4 Å². The Kier molecular flexibility index (Phi) is 3.20. The van der Waals surface area contributed by atoms with E-state index in [9.17, 15) is 0 Å². The van der Waals surface area contributed by atoms with Crippen LogP contribution in [-0.2, 0) is 6.54 Å². The minimum absolute atomic E-state index is 0.707. The molecule has 108 valence electrons. The number of benzene rings is 2. The molecule has 0 aliphatic heterocycles. The van der Waals surface area contributed by atoms with Crippen molar-refractivity contribution in [3.8, 4) is 0 Å². The van der Waals surface area contributed by atoms with Gasteiger partial charge < -0.3 is 10.3 Å². The van der Waals surface area contributed by atoms with Crippen LogP contribution in [0.25, 0.3) is 21.8 Å². The second kappa shape index (κ2) is 5.35. The largest absolute Gasteiger partial charge is 0.364 e. The summed E-state index contributed by atoms with van der Waals surface area (Å²) in [6, 6.07) is 18.2. The molecule has 0 bridgehead atoms. The lowest BCUT2D eigenvalue weighted by Crippen LogP contribution is -2.01.